The van der Waals surface area contributed by atoms with Crippen LogP contribution in [0.25, 0.3) is 17.1 Å². The van der Waals surface area contributed by atoms with Gasteiger partial charge in [-0.1, -0.05) is 41.1 Å². The smallest absolute Gasteiger partial charge is 0.234 e. The summed E-state index contributed by atoms with van der Waals surface area (Å²) in [6, 6.07) is 18.0. The minimum Gasteiger partial charge on any atom is -0.323 e. The van der Waals surface area contributed by atoms with Crippen molar-refractivity contribution in [3.8, 4) is 17.1 Å². The zero-order valence-corrected chi connectivity index (χ0v) is 18.4. The fourth-order valence-corrected chi connectivity index (χ4v) is 3.86. The zero-order chi connectivity index (χ0) is 22.7. The Labute approximate surface area is 192 Å². The molecule has 162 valence electrons. The molecule has 0 atom stereocenters. The number of hydrogen-bond acceptors (Lipinski definition) is 4. The number of aryl methyl sites for hydroxylation is 1. The molecule has 32 heavy (non-hydrogen) atoms. The molecule has 4 rings (SSSR count). The molecule has 1 amide bonds. The van der Waals surface area contributed by atoms with E-state index in [1.807, 2.05) is 47.9 Å². The van der Waals surface area contributed by atoms with Gasteiger partial charge in [0.15, 0.2) is 11.0 Å². The van der Waals surface area contributed by atoms with Crippen LogP contribution in [0.3, 0.4) is 0 Å². The second-order valence-electron chi connectivity index (χ2n) is 6.95. The van der Waals surface area contributed by atoms with E-state index in [1.165, 1.54) is 6.07 Å². The second kappa shape index (κ2) is 9.50. The number of thioether (sulfide) groups is 1. The van der Waals surface area contributed by atoms with Gasteiger partial charge in [0.25, 0.3) is 0 Å². The van der Waals surface area contributed by atoms with E-state index in [9.17, 15) is 13.6 Å². The molecule has 0 unspecified atom stereocenters. The van der Waals surface area contributed by atoms with Crippen LogP contribution >= 0.6 is 23.4 Å². The number of carbonyl (C=O) groups excluding carboxylic acids is 1. The highest BCUT2D eigenvalue weighted by Gasteiger charge is 2.18. The lowest BCUT2D eigenvalue weighted by Gasteiger charge is -2.11. The lowest BCUT2D eigenvalue weighted by Crippen LogP contribution is -2.15. The number of anilines is 1. The number of halogens is 3. The Balaban J connectivity index is 1.60. The summed E-state index contributed by atoms with van der Waals surface area (Å²) in [4.78, 5) is 12.4. The van der Waals surface area contributed by atoms with Crippen LogP contribution in [0.1, 0.15) is 5.56 Å². The molecule has 0 aliphatic heterocycles. The van der Waals surface area contributed by atoms with E-state index in [0.717, 1.165) is 40.7 Å². The Hall–Kier alpha value is -3.23. The maximum Gasteiger partial charge on any atom is 0.234 e. The molecule has 0 saturated carbocycles. The number of rotatable bonds is 6. The average Bonchev–Trinajstić information content (AvgIpc) is 3.19. The topological polar surface area (TPSA) is 59.8 Å². The van der Waals surface area contributed by atoms with Gasteiger partial charge in [-0.05, 0) is 55.5 Å². The molecule has 0 fully saturated rings. The van der Waals surface area contributed by atoms with Crippen LogP contribution in [0.5, 0.6) is 0 Å². The predicted molar refractivity (Wildman–Crippen MR) is 122 cm³/mol. The third-order valence-corrected chi connectivity index (χ3v) is 5.75. The van der Waals surface area contributed by atoms with E-state index in [4.69, 9.17) is 11.6 Å². The van der Waals surface area contributed by atoms with Crippen molar-refractivity contribution in [3.05, 3.63) is 89.0 Å². The third-order valence-electron chi connectivity index (χ3n) is 4.57. The summed E-state index contributed by atoms with van der Waals surface area (Å²) in [6.45, 7) is 1.99. The molecule has 0 aliphatic carbocycles. The first-order valence-electron chi connectivity index (χ1n) is 9.57. The normalized spacial score (nSPS) is 10.9. The van der Waals surface area contributed by atoms with Gasteiger partial charge in [-0.2, -0.15) is 0 Å². The molecule has 1 heterocycles. The van der Waals surface area contributed by atoms with E-state index in [-0.39, 0.29) is 11.4 Å². The second-order valence-corrected chi connectivity index (χ2v) is 8.32. The Kier molecular flexibility index (Phi) is 6.53. The molecule has 1 aromatic heterocycles. The van der Waals surface area contributed by atoms with Crippen LogP contribution in [0, 0.1) is 18.6 Å². The standard InChI is InChI=1S/C23H17ClF2N4OS/c1-14-2-9-18(10-3-14)30-22(15-4-6-16(24)7-5-15)28-29-23(30)32-13-21(31)27-20-11-8-17(25)12-19(20)26/h2-12H,13H2,1H3,(H,27,31). The quantitative estimate of drug-likeness (QED) is 0.356. The van der Waals surface area contributed by atoms with Gasteiger partial charge < -0.3 is 5.32 Å². The Bertz CT molecular complexity index is 1260. The fraction of sp³-hybridized carbons (Fsp3) is 0.0870. The fourth-order valence-electron chi connectivity index (χ4n) is 2.98. The van der Waals surface area contributed by atoms with E-state index >= 15 is 0 Å². The van der Waals surface area contributed by atoms with Gasteiger partial charge in [0.2, 0.25) is 5.91 Å². The van der Waals surface area contributed by atoms with Crippen molar-refractivity contribution in [1.82, 2.24) is 14.8 Å². The summed E-state index contributed by atoms with van der Waals surface area (Å²) in [5.41, 5.74) is 2.66. The first-order valence-corrected chi connectivity index (χ1v) is 10.9. The van der Waals surface area contributed by atoms with Gasteiger partial charge in [0.1, 0.15) is 11.6 Å². The van der Waals surface area contributed by atoms with Crippen LogP contribution in [0.15, 0.2) is 71.9 Å². The minimum absolute atomic E-state index is 0.0402. The summed E-state index contributed by atoms with van der Waals surface area (Å²) in [5.74, 6) is -1.45. The molecule has 1 N–H and O–H groups in total. The molecule has 3 aromatic carbocycles. The van der Waals surface area contributed by atoms with Crippen molar-refractivity contribution in [2.24, 2.45) is 0 Å². The van der Waals surface area contributed by atoms with Crippen molar-refractivity contribution < 1.29 is 13.6 Å². The molecular weight excluding hydrogens is 454 g/mol. The zero-order valence-electron chi connectivity index (χ0n) is 16.8. The van der Waals surface area contributed by atoms with Crippen molar-refractivity contribution in [3.63, 3.8) is 0 Å². The van der Waals surface area contributed by atoms with E-state index in [2.05, 4.69) is 15.5 Å². The Morgan fingerprint density at radius 1 is 1.03 bits per heavy atom. The average molecular weight is 471 g/mol. The molecule has 4 aromatic rings. The van der Waals surface area contributed by atoms with E-state index in [0.29, 0.717) is 16.0 Å². The Morgan fingerprint density at radius 3 is 2.44 bits per heavy atom. The van der Waals surface area contributed by atoms with Crippen molar-refractivity contribution in [1.29, 1.82) is 0 Å². The SMILES string of the molecule is Cc1ccc(-n2c(SCC(=O)Nc3ccc(F)cc3F)nnc2-c2ccc(Cl)cc2)cc1. The number of hydrogen-bond donors (Lipinski definition) is 1. The van der Waals surface area contributed by atoms with Crippen molar-refractivity contribution >= 4 is 35.0 Å². The summed E-state index contributed by atoms with van der Waals surface area (Å²) in [6.07, 6.45) is 0. The molecule has 0 spiro atoms. The van der Waals surface area contributed by atoms with Gasteiger partial charge >= 0.3 is 0 Å². The minimum atomic E-state index is -0.837. The molecule has 0 bridgehead atoms. The van der Waals surface area contributed by atoms with Gasteiger partial charge in [0.05, 0.1) is 11.4 Å². The van der Waals surface area contributed by atoms with Crippen molar-refractivity contribution in [2.45, 2.75) is 12.1 Å². The first-order chi connectivity index (χ1) is 15.4. The highest BCUT2D eigenvalue weighted by Crippen LogP contribution is 2.29. The molecule has 0 saturated heterocycles. The summed E-state index contributed by atoms with van der Waals surface area (Å²) < 4.78 is 28.7. The number of aromatic nitrogens is 3. The number of carbonyl (C=O) groups is 1. The molecule has 0 radical (unpaired) electrons. The Morgan fingerprint density at radius 2 is 1.75 bits per heavy atom. The lowest BCUT2D eigenvalue weighted by molar-refractivity contribution is -0.113. The van der Waals surface area contributed by atoms with E-state index in [1.54, 1.807) is 12.1 Å². The molecular formula is C23H17ClF2N4OS. The molecule has 0 aliphatic rings. The molecule has 9 heteroatoms. The van der Waals surface area contributed by atoms with Crippen LogP contribution in [0.2, 0.25) is 5.02 Å². The number of amides is 1. The molecule has 5 nitrogen and oxygen atoms in total. The number of nitrogens with one attached hydrogen (secondary N) is 1. The number of benzene rings is 3. The maximum atomic E-state index is 13.8. The van der Waals surface area contributed by atoms with Gasteiger partial charge in [-0.15, -0.1) is 10.2 Å². The van der Waals surface area contributed by atoms with Gasteiger partial charge in [0, 0.05) is 22.3 Å². The maximum absolute atomic E-state index is 13.8. The van der Waals surface area contributed by atoms with Crippen LogP contribution in [-0.2, 0) is 4.79 Å². The highest BCUT2D eigenvalue weighted by molar-refractivity contribution is 7.99. The van der Waals surface area contributed by atoms with E-state index < -0.39 is 17.5 Å². The highest BCUT2D eigenvalue weighted by atomic mass is 35.5. The third kappa shape index (κ3) is 4.98. The predicted octanol–water partition coefficient (Wildman–Crippen LogP) is 5.91. The van der Waals surface area contributed by atoms with Crippen molar-refractivity contribution in [2.75, 3.05) is 11.1 Å². The first kappa shape index (κ1) is 22.0. The van der Waals surface area contributed by atoms with Crippen LogP contribution < -0.4 is 5.32 Å². The summed E-state index contributed by atoms with van der Waals surface area (Å²) in [7, 11) is 0. The lowest BCUT2D eigenvalue weighted by atomic mass is 10.2. The largest absolute Gasteiger partial charge is 0.323 e. The van der Waals surface area contributed by atoms with Gasteiger partial charge in [-0.3, -0.25) is 9.36 Å². The monoisotopic (exact) mass is 470 g/mol. The summed E-state index contributed by atoms with van der Waals surface area (Å²) >= 11 is 7.17. The number of nitrogens with zero attached hydrogens (tertiary/aromatic N) is 3. The van der Waals surface area contributed by atoms with Crippen LogP contribution in [-0.4, -0.2) is 26.4 Å². The summed E-state index contributed by atoms with van der Waals surface area (Å²) in [5, 5.41) is 12.1. The van der Waals surface area contributed by atoms with Crippen LogP contribution in [0.4, 0.5) is 14.5 Å². The van der Waals surface area contributed by atoms with Gasteiger partial charge in [-0.25, -0.2) is 8.78 Å².